The van der Waals surface area contributed by atoms with Gasteiger partial charge in [-0.25, -0.2) is 0 Å². The second-order valence-corrected chi connectivity index (χ2v) is 4.49. The summed E-state index contributed by atoms with van der Waals surface area (Å²) in [7, 11) is 0. The number of hydrogen-bond donors (Lipinski definition) is 1. The molecule has 0 amide bonds. The quantitative estimate of drug-likeness (QED) is 0.640. The molecule has 0 aliphatic carbocycles. The van der Waals surface area contributed by atoms with Gasteiger partial charge in [-0.05, 0) is 43.9 Å². The monoisotopic (exact) mass is 246 g/mol. The summed E-state index contributed by atoms with van der Waals surface area (Å²) in [6.45, 7) is 1.50. The molecule has 0 bridgehead atoms. The zero-order valence-electron chi connectivity index (χ0n) is 10.4. The molecular weight excluding hydrogens is 228 g/mol. The summed E-state index contributed by atoms with van der Waals surface area (Å²) in [6.07, 6.45) is 4.69. The summed E-state index contributed by atoms with van der Waals surface area (Å²) in [5, 5.41) is 8.97. The molecule has 1 aromatic rings. The molecule has 1 heterocycles. The van der Waals surface area contributed by atoms with E-state index in [0.29, 0.717) is 29.7 Å². The van der Waals surface area contributed by atoms with Crippen LogP contribution in [0.2, 0.25) is 0 Å². The van der Waals surface area contributed by atoms with Crippen LogP contribution in [0.4, 0.5) is 5.69 Å². The summed E-state index contributed by atoms with van der Waals surface area (Å²) in [5.41, 5.74) is 6.69. The van der Waals surface area contributed by atoms with Gasteiger partial charge in [-0.15, -0.1) is 0 Å². The number of nitriles is 1. The molecule has 0 saturated carbocycles. The Morgan fingerprint density at radius 2 is 2.39 bits per heavy atom. The Bertz CT molecular complexity index is 434. The highest BCUT2D eigenvalue weighted by atomic mass is 16.5. The number of nitrogens with zero attached hydrogens (tertiary/aromatic N) is 1. The van der Waals surface area contributed by atoms with Crippen LogP contribution in [0.1, 0.15) is 31.2 Å². The number of anilines is 1. The summed E-state index contributed by atoms with van der Waals surface area (Å²) in [6, 6.07) is 7.22. The third kappa shape index (κ3) is 3.38. The summed E-state index contributed by atoms with van der Waals surface area (Å²) in [4.78, 5) is 0. The van der Waals surface area contributed by atoms with Crippen molar-refractivity contribution in [3.05, 3.63) is 23.8 Å². The minimum Gasteiger partial charge on any atom is -0.492 e. The molecule has 1 saturated heterocycles. The van der Waals surface area contributed by atoms with Crippen molar-refractivity contribution in [2.45, 2.75) is 31.8 Å². The molecule has 1 aromatic carbocycles. The molecule has 1 atom stereocenters. The molecule has 2 rings (SSSR count). The van der Waals surface area contributed by atoms with Gasteiger partial charge in [0, 0.05) is 12.3 Å². The maximum Gasteiger partial charge on any atom is 0.137 e. The van der Waals surface area contributed by atoms with E-state index in [-0.39, 0.29) is 0 Å². The first kappa shape index (κ1) is 12.7. The highest BCUT2D eigenvalue weighted by molar-refractivity contribution is 5.53. The van der Waals surface area contributed by atoms with Crippen molar-refractivity contribution in [3.8, 4) is 11.8 Å². The van der Waals surface area contributed by atoms with Crippen LogP contribution in [0.15, 0.2) is 18.2 Å². The van der Waals surface area contributed by atoms with E-state index >= 15 is 0 Å². The van der Waals surface area contributed by atoms with Crippen molar-refractivity contribution >= 4 is 5.69 Å². The number of rotatable bonds is 5. The van der Waals surface area contributed by atoms with Crippen LogP contribution in [-0.2, 0) is 4.74 Å². The van der Waals surface area contributed by atoms with Crippen LogP contribution in [-0.4, -0.2) is 19.3 Å². The number of benzene rings is 1. The second-order valence-electron chi connectivity index (χ2n) is 4.49. The molecule has 1 unspecified atom stereocenters. The fourth-order valence-corrected chi connectivity index (χ4v) is 2.13. The van der Waals surface area contributed by atoms with Gasteiger partial charge in [0.2, 0.25) is 0 Å². The van der Waals surface area contributed by atoms with Crippen molar-refractivity contribution in [3.63, 3.8) is 0 Å². The van der Waals surface area contributed by atoms with Gasteiger partial charge >= 0.3 is 0 Å². The Morgan fingerprint density at radius 1 is 1.50 bits per heavy atom. The first-order chi connectivity index (χ1) is 8.79. The predicted molar refractivity (Wildman–Crippen MR) is 69.3 cm³/mol. The number of hydrogen-bond acceptors (Lipinski definition) is 4. The molecular formula is C14H18N2O2. The molecule has 1 fully saturated rings. The third-order valence-electron chi connectivity index (χ3n) is 3.08. The lowest BCUT2D eigenvalue weighted by Gasteiger charge is -2.11. The van der Waals surface area contributed by atoms with E-state index in [2.05, 4.69) is 6.07 Å². The molecule has 4 heteroatoms. The van der Waals surface area contributed by atoms with E-state index in [1.54, 1.807) is 18.2 Å². The lowest BCUT2D eigenvalue weighted by molar-refractivity contribution is 0.0981. The SMILES string of the molecule is N#Cc1cc(N)ccc1OCCCC1CCCO1. The van der Waals surface area contributed by atoms with E-state index in [1.807, 2.05) is 0 Å². The van der Waals surface area contributed by atoms with E-state index in [9.17, 15) is 0 Å². The molecule has 2 N–H and O–H groups in total. The Morgan fingerprint density at radius 3 is 3.11 bits per heavy atom. The second kappa shape index (κ2) is 6.27. The standard InChI is InChI=1S/C14H18N2O2/c15-10-11-9-12(16)5-6-14(11)18-8-2-4-13-3-1-7-17-13/h5-6,9,13H,1-4,7-8,16H2. The maximum absolute atomic E-state index is 8.97. The van der Waals surface area contributed by atoms with Gasteiger partial charge in [-0.1, -0.05) is 0 Å². The highest BCUT2D eigenvalue weighted by Crippen LogP contribution is 2.21. The largest absolute Gasteiger partial charge is 0.492 e. The van der Waals surface area contributed by atoms with Crippen LogP contribution in [0.5, 0.6) is 5.75 Å². The topological polar surface area (TPSA) is 68.3 Å². The van der Waals surface area contributed by atoms with Crippen LogP contribution >= 0.6 is 0 Å². The zero-order valence-corrected chi connectivity index (χ0v) is 10.4. The zero-order chi connectivity index (χ0) is 12.8. The molecule has 4 nitrogen and oxygen atoms in total. The first-order valence-electron chi connectivity index (χ1n) is 6.33. The molecule has 1 aliphatic heterocycles. The maximum atomic E-state index is 8.97. The van der Waals surface area contributed by atoms with Crippen LogP contribution < -0.4 is 10.5 Å². The van der Waals surface area contributed by atoms with E-state index in [1.165, 1.54) is 6.42 Å². The normalized spacial score (nSPS) is 18.5. The average Bonchev–Trinajstić information content (AvgIpc) is 2.89. The third-order valence-corrected chi connectivity index (χ3v) is 3.08. The summed E-state index contributed by atoms with van der Waals surface area (Å²) >= 11 is 0. The van der Waals surface area contributed by atoms with Gasteiger partial charge in [0.1, 0.15) is 11.8 Å². The number of ether oxygens (including phenoxy) is 2. The van der Waals surface area contributed by atoms with E-state index in [0.717, 1.165) is 25.9 Å². The smallest absolute Gasteiger partial charge is 0.137 e. The van der Waals surface area contributed by atoms with Gasteiger partial charge < -0.3 is 15.2 Å². The van der Waals surface area contributed by atoms with Crippen molar-refractivity contribution in [2.24, 2.45) is 0 Å². The predicted octanol–water partition coefficient (Wildman–Crippen LogP) is 2.48. The summed E-state index contributed by atoms with van der Waals surface area (Å²) < 4.78 is 11.2. The molecule has 0 spiro atoms. The van der Waals surface area contributed by atoms with Crippen molar-refractivity contribution in [1.82, 2.24) is 0 Å². The van der Waals surface area contributed by atoms with E-state index in [4.69, 9.17) is 20.5 Å². The van der Waals surface area contributed by atoms with Crippen LogP contribution in [0.3, 0.4) is 0 Å². The fourth-order valence-electron chi connectivity index (χ4n) is 2.13. The minimum atomic E-state index is 0.399. The Balaban J connectivity index is 1.77. The van der Waals surface area contributed by atoms with Crippen molar-refractivity contribution in [2.75, 3.05) is 18.9 Å². The Labute approximate surface area is 107 Å². The Kier molecular flexibility index (Phi) is 4.43. The van der Waals surface area contributed by atoms with Crippen LogP contribution in [0, 0.1) is 11.3 Å². The van der Waals surface area contributed by atoms with E-state index < -0.39 is 0 Å². The molecule has 0 radical (unpaired) electrons. The fraction of sp³-hybridized carbons (Fsp3) is 0.500. The van der Waals surface area contributed by atoms with Gasteiger partial charge in [0.25, 0.3) is 0 Å². The highest BCUT2D eigenvalue weighted by Gasteiger charge is 2.14. The lowest BCUT2D eigenvalue weighted by Crippen LogP contribution is -2.08. The van der Waals surface area contributed by atoms with Gasteiger partial charge in [-0.3, -0.25) is 0 Å². The first-order valence-corrected chi connectivity index (χ1v) is 6.33. The molecule has 1 aliphatic rings. The molecule has 0 aromatic heterocycles. The van der Waals surface area contributed by atoms with Crippen molar-refractivity contribution < 1.29 is 9.47 Å². The minimum absolute atomic E-state index is 0.399. The Hall–Kier alpha value is -1.73. The van der Waals surface area contributed by atoms with Gasteiger partial charge in [0.15, 0.2) is 0 Å². The molecule has 96 valence electrons. The average molecular weight is 246 g/mol. The number of nitrogens with two attached hydrogens (primary N) is 1. The van der Waals surface area contributed by atoms with Gasteiger partial charge in [0.05, 0.1) is 18.3 Å². The summed E-state index contributed by atoms with van der Waals surface area (Å²) in [5.74, 6) is 0.610. The molecule has 18 heavy (non-hydrogen) atoms. The van der Waals surface area contributed by atoms with Crippen LogP contribution in [0.25, 0.3) is 0 Å². The van der Waals surface area contributed by atoms with Gasteiger partial charge in [-0.2, -0.15) is 5.26 Å². The van der Waals surface area contributed by atoms with Crippen molar-refractivity contribution in [1.29, 1.82) is 5.26 Å². The lowest BCUT2D eigenvalue weighted by atomic mass is 10.1. The number of nitrogen functional groups attached to an aromatic ring is 1.